The van der Waals surface area contributed by atoms with Gasteiger partial charge in [-0.1, -0.05) is 25.1 Å². The minimum Gasteiger partial charge on any atom is -0.373 e. The van der Waals surface area contributed by atoms with Crippen molar-refractivity contribution >= 4 is 18.4 Å². The van der Waals surface area contributed by atoms with Crippen LogP contribution in [0.15, 0.2) is 35.4 Å². The van der Waals surface area contributed by atoms with Crippen molar-refractivity contribution in [1.82, 2.24) is 4.98 Å². The SMILES string of the molecule is CCc1cc(Cc2ccc(S)c(C)c2)cnc1NC. The summed E-state index contributed by atoms with van der Waals surface area (Å²) in [6.07, 6.45) is 3.86. The number of benzene rings is 1. The van der Waals surface area contributed by atoms with Crippen molar-refractivity contribution in [3.05, 3.63) is 52.7 Å². The van der Waals surface area contributed by atoms with E-state index in [0.717, 1.165) is 23.6 Å². The molecule has 0 aliphatic rings. The predicted molar refractivity (Wildman–Crippen MR) is 84.4 cm³/mol. The van der Waals surface area contributed by atoms with Crippen LogP contribution in [-0.2, 0) is 12.8 Å². The number of thiol groups is 1. The third-order valence-corrected chi connectivity index (χ3v) is 3.81. The first kappa shape index (κ1) is 13.9. The fraction of sp³-hybridized carbons (Fsp3) is 0.312. The number of nitrogens with one attached hydrogen (secondary N) is 1. The molecule has 1 heterocycles. The first-order chi connectivity index (χ1) is 9.13. The van der Waals surface area contributed by atoms with E-state index in [4.69, 9.17) is 0 Å². The summed E-state index contributed by atoms with van der Waals surface area (Å²) in [7, 11) is 1.91. The molecular formula is C16H20N2S. The number of anilines is 1. The Morgan fingerprint density at radius 3 is 2.63 bits per heavy atom. The van der Waals surface area contributed by atoms with Crippen molar-refractivity contribution < 1.29 is 0 Å². The molecule has 1 aromatic carbocycles. The maximum absolute atomic E-state index is 4.48. The van der Waals surface area contributed by atoms with Crippen molar-refractivity contribution in [1.29, 1.82) is 0 Å². The van der Waals surface area contributed by atoms with E-state index in [2.05, 4.69) is 61.0 Å². The van der Waals surface area contributed by atoms with Gasteiger partial charge in [0.1, 0.15) is 5.82 Å². The monoisotopic (exact) mass is 272 g/mol. The van der Waals surface area contributed by atoms with E-state index in [-0.39, 0.29) is 0 Å². The highest BCUT2D eigenvalue weighted by Crippen LogP contribution is 2.19. The second-order valence-corrected chi connectivity index (χ2v) is 5.23. The van der Waals surface area contributed by atoms with Gasteiger partial charge in [0.2, 0.25) is 0 Å². The van der Waals surface area contributed by atoms with Crippen LogP contribution in [0.25, 0.3) is 0 Å². The molecule has 19 heavy (non-hydrogen) atoms. The summed E-state index contributed by atoms with van der Waals surface area (Å²) in [5, 5.41) is 3.13. The summed E-state index contributed by atoms with van der Waals surface area (Å²) in [6, 6.07) is 8.62. The summed E-state index contributed by atoms with van der Waals surface area (Å²) in [6.45, 7) is 4.24. The number of hydrogen-bond acceptors (Lipinski definition) is 3. The largest absolute Gasteiger partial charge is 0.373 e. The molecule has 2 aromatic rings. The molecule has 0 amide bonds. The van der Waals surface area contributed by atoms with Gasteiger partial charge < -0.3 is 5.32 Å². The molecule has 0 atom stereocenters. The van der Waals surface area contributed by atoms with Crippen LogP contribution < -0.4 is 5.32 Å². The van der Waals surface area contributed by atoms with Crippen LogP contribution in [0.3, 0.4) is 0 Å². The van der Waals surface area contributed by atoms with Gasteiger partial charge in [0, 0.05) is 18.1 Å². The van der Waals surface area contributed by atoms with E-state index < -0.39 is 0 Å². The molecule has 2 rings (SSSR count). The molecule has 0 aliphatic heterocycles. The summed E-state index contributed by atoms with van der Waals surface area (Å²) in [5.74, 6) is 0.980. The van der Waals surface area contributed by atoms with Crippen molar-refractivity contribution in [2.24, 2.45) is 0 Å². The number of hydrogen-bond donors (Lipinski definition) is 2. The summed E-state index contributed by atoms with van der Waals surface area (Å²) in [5.41, 5.74) is 5.04. The van der Waals surface area contributed by atoms with Crippen molar-refractivity contribution in [3.8, 4) is 0 Å². The molecule has 1 aromatic heterocycles. The Labute approximate surface area is 120 Å². The fourth-order valence-corrected chi connectivity index (χ4v) is 2.35. The molecule has 0 saturated carbocycles. The van der Waals surface area contributed by atoms with E-state index in [1.165, 1.54) is 22.3 Å². The minimum atomic E-state index is 0.916. The van der Waals surface area contributed by atoms with E-state index in [9.17, 15) is 0 Å². The average Bonchev–Trinajstić information content (AvgIpc) is 2.43. The van der Waals surface area contributed by atoms with E-state index in [1.807, 2.05) is 13.2 Å². The molecule has 0 unspecified atom stereocenters. The van der Waals surface area contributed by atoms with Crippen LogP contribution in [0.5, 0.6) is 0 Å². The maximum Gasteiger partial charge on any atom is 0.128 e. The molecule has 3 heteroatoms. The molecule has 0 fully saturated rings. The van der Waals surface area contributed by atoms with Gasteiger partial charge in [-0.25, -0.2) is 4.98 Å². The van der Waals surface area contributed by atoms with Gasteiger partial charge in [-0.3, -0.25) is 0 Å². The van der Waals surface area contributed by atoms with Gasteiger partial charge in [0.05, 0.1) is 0 Å². The lowest BCUT2D eigenvalue weighted by molar-refractivity contribution is 1.06. The lowest BCUT2D eigenvalue weighted by Crippen LogP contribution is -2.00. The highest BCUT2D eigenvalue weighted by Gasteiger charge is 2.04. The van der Waals surface area contributed by atoms with E-state index in [0.29, 0.717) is 0 Å². The quantitative estimate of drug-likeness (QED) is 0.826. The molecule has 1 N–H and O–H groups in total. The van der Waals surface area contributed by atoms with Crippen molar-refractivity contribution in [3.63, 3.8) is 0 Å². The van der Waals surface area contributed by atoms with Crippen molar-refractivity contribution in [2.45, 2.75) is 31.6 Å². The maximum atomic E-state index is 4.48. The lowest BCUT2D eigenvalue weighted by atomic mass is 10.0. The van der Waals surface area contributed by atoms with Gasteiger partial charge in [0.15, 0.2) is 0 Å². The van der Waals surface area contributed by atoms with Crippen LogP contribution >= 0.6 is 12.6 Å². The summed E-state index contributed by atoms with van der Waals surface area (Å²) >= 11 is 4.41. The van der Waals surface area contributed by atoms with Crippen LogP contribution in [-0.4, -0.2) is 12.0 Å². The number of nitrogens with zero attached hydrogens (tertiary/aromatic N) is 1. The Kier molecular flexibility index (Phi) is 4.48. The Morgan fingerprint density at radius 1 is 1.21 bits per heavy atom. The highest BCUT2D eigenvalue weighted by molar-refractivity contribution is 7.80. The normalized spacial score (nSPS) is 10.5. The topological polar surface area (TPSA) is 24.9 Å². The fourth-order valence-electron chi connectivity index (χ4n) is 2.21. The standard InChI is InChI=1S/C16H20N2S/c1-4-14-9-13(10-18-16(14)17-3)8-12-5-6-15(19)11(2)7-12/h5-7,9-10,19H,4,8H2,1-3H3,(H,17,18). The zero-order valence-electron chi connectivity index (χ0n) is 11.7. The Hall–Kier alpha value is -1.48. The van der Waals surface area contributed by atoms with Crippen LogP contribution in [0.4, 0.5) is 5.82 Å². The van der Waals surface area contributed by atoms with Gasteiger partial charge in [0.25, 0.3) is 0 Å². The first-order valence-electron chi connectivity index (χ1n) is 6.58. The lowest BCUT2D eigenvalue weighted by Gasteiger charge is -2.10. The second kappa shape index (κ2) is 6.11. The van der Waals surface area contributed by atoms with Crippen LogP contribution in [0.1, 0.15) is 29.2 Å². The second-order valence-electron chi connectivity index (χ2n) is 4.75. The number of pyridine rings is 1. The molecule has 0 bridgehead atoms. The Bertz CT molecular complexity index is 579. The van der Waals surface area contributed by atoms with Gasteiger partial charge in [-0.15, -0.1) is 12.6 Å². The molecule has 0 spiro atoms. The summed E-state index contributed by atoms with van der Waals surface area (Å²) in [4.78, 5) is 5.52. The third-order valence-electron chi connectivity index (χ3n) is 3.31. The third kappa shape index (κ3) is 3.29. The highest BCUT2D eigenvalue weighted by atomic mass is 32.1. The molecule has 0 saturated heterocycles. The van der Waals surface area contributed by atoms with E-state index >= 15 is 0 Å². The molecule has 0 radical (unpaired) electrons. The molecule has 100 valence electrons. The zero-order valence-corrected chi connectivity index (χ0v) is 12.6. The van der Waals surface area contributed by atoms with E-state index in [1.54, 1.807) is 0 Å². The molecule has 0 aliphatic carbocycles. The summed E-state index contributed by atoms with van der Waals surface area (Å²) < 4.78 is 0. The van der Waals surface area contributed by atoms with Crippen LogP contribution in [0, 0.1) is 6.92 Å². The molecular weight excluding hydrogens is 252 g/mol. The smallest absolute Gasteiger partial charge is 0.128 e. The van der Waals surface area contributed by atoms with Gasteiger partial charge >= 0.3 is 0 Å². The Balaban J connectivity index is 2.25. The minimum absolute atomic E-state index is 0.916. The van der Waals surface area contributed by atoms with Gasteiger partial charge in [-0.2, -0.15) is 0 Å². The van der Waals surface area contributed by atoms with Crippen LogP contribution in [0.2, 0.25) is 0 Å². The average molecular weight is 272 g/mol. The van der Waals surface area contributed by atoms with Crippen molar-refractivity contribution in [2.75, 3.05) is 12.4 Å². The number of aromatic nitrogens is 1. The predicted octanol–water partition coefficient (Wildman–Crippen LogP) is 3.87. The van der Waals surface area contributed by atoms with Gasteiger partial charge in [-0.05, 0) is 48.1 Å². The molecule has 2 nitrogen and oxygen atoms in total. The number of rotatable bonds is 4. The first-order valence-corrected chi connectivity index (χ1v) is 7.02. The zero-order chi connectivity index (χ0) is 13.8. The Morgan fingerprint density at radius 2 is 2.00 bits per heavy atom. The number of aryl methyl sites for hydroxylation is 2.